The van der Waals surface area contributed by atoms with Crippen LogP contribution in [-0.4, -0.2) is 47.9 Å². The van der Waals surface area contributed by atoms with Crippen LogP contribution in [0.2, 0.25) is 0 Å². The van der Waals surface area contributed by atoms with Crippen molar-refractivity contribution in [2.75, 3.05) is 26.7 Å². The summed E-state index contributed by atoms with van der Waals surface area (Å²) in [6.07, 6.45) is -9.28. The maximum absolute atomic E-state index is 12.3. The molecular weight excluding hydrogens is 294 g/mol. The van der Waals surface area contributed by atoms with Gasteiger partial charge in [0.25, 0.3) is 0 Å². The van der Waals surface area contributed by atoms with E-state index in [0.717, 1.165) is 4.90 Å². The van der Waals surface area contributed by atoms with Crippen molar-refractivity contribution >= 4 is 0 Å². The van der Waals surface area contributed by atoms with Gasteiger partial charge in [-0.25, -0.2) is 0 Å². The Labute approximate surface area is 109 Å². The van der Waals surface area contributed by atoms with Gasteiger partial charge in [-0.05, 0) is 7.05 Å². The van der Waals surface area contributed by atoms with E-state index in [1.807, 2.05) is 0 Å². The summed E-state index contributed by atoms with van der Waals surface area (Å²) in [5.41, 5.74) is 0. The average molecular weight is 306 g/mol. The van der Waals surface area contributed by atoms with Crippen molar-refractivity contribution in [1.29, 1.82) is 0 Å². The SMILES string of the molecule is CNCCN(Cc1noc(C(F)(F)F)n1)CC(F)(F)F. The van der Waals surface area contributed by atoms with Crippen LogP contribution in [0.3, 0.4) is 0 Å². The van der Waals surface area contributed by atoms with E-state index in [4.69, 9.17) is 0 Å². The number of nitrogens with one attached hydrogen (secondary N) is 1. The molecule has 0 fully saturated rings. The molecule has 1 heterocycles. The molecule has 0 aromatic carbocycles. The predicted molar refractivity (Wildman–Crippen MR) is 54.6 cm³/mol. The minimum atomic E-state index is -4.81. The van der Waals surface area contributed by atoms with Crippen LogP contribution in [-0.2, 0) is 12.7 Å². The van der Waals surface area contributed by atoms with Gasteiger partial charge in [0.15, 0.2) is 5.82 Å². The Morgan fingerprint density at radius 2 is 1.85 bits per heavy atom. The first-order valence-electron chi connectivity index (χ1n) is 5.45. The fraction of sp³-hybridized carbons (Fsp3) is 0.778. The molecular formula is C9H12F6N4O. The predicted octanol–water partition coefficient (Wildman–Crippen LogP) is 1.67. The van der Waals surface area contributed by atoms with Crippen molar-refractivity contribution in [3.05, 3.63) is 11.7 Å². The lowest BCUT2D eigenvalue weighted by Gasteiger charge is -2.21. The van der Waals surface area contributed by atoms with Gasteiger partial charge in [-0.2, -0.15) is 31.3 Å². The first-order chi connectivity index (χ1) is 9.12. The van der Waals surface area contributed by atoms with Gasteiger partial charge in [0.2, 0.25) is 0 Å². The molecule has 1 N–H and O–H groups in total. The standard InChI is InChI=1S/C9H12F6N4O/c1-16-2-3-19(5-8(10,11)12)4-6-17-7(20-18-6)9(13,14)15/h16H,2-5H2,1H3. The van der Waals surface area contributed by atoms with Gasteiger partial charge in [-0.1, -0.05) is 5.16 Å². The normalized spacial score (nSPS) is 13.2. The smallest absolute Gasteiger partial charge is 0.329 e. The van der Waals surface area contributed by atoms with Crippen molar-refractivity contribution in [1.82, 2.24) is 20.4 Å². The lowest BCUT2D eigenvalue weighted by molar-refractivity contribution is -0.159. The van der Waals surface area contributed by atoms with Gasteiger partial charge >= 0.3 is 18.2 Å². The highest BCUT2D eigenvalue weighted by Gasteiger charge is 2.39. The molecule has 0 spiro atoms. The second kappa shape index (κ2) is 6.39. The van der Waals surface area contributed by atoms with Crippen LogP contribution < -0.4 is 5.32 Å². The Hall–Kier alpha value is -1.36. The highest BCUT2D eigenvalue weighted by molar-refractivity contribution is 4.90. The molecule has 11 heteroatoms. The summed E-state index contributed by atoms with van der Waals surface area (Å²) < 4.78 is 77.6. The molecule has 1 aromatic rings. The van der Waals surface area contributed by atoms with Crippen molar-refractivity contribution < 1.29 is 30.9 Å². The molecule has 1 aromatic heterocycles. The molecule has 116 valence electrons. The van der Waals surface area contributed by atoms with Gasteiger partial charge in [0.05, 0.1) is 13.1 Å². The molecule has 0 aliphatic rings. The van der Waals surface area contributed by atoms with E-state index in [9.17, 15) is 26.3 Å². The third-order valence-corrected chi connectivity index (χ3v) is 2.16. The van der Waals surface area contributed by atoms with Crippen LogP contribution in [0.1, 0.15) is 11.7 Å². The highest BCUT2D eigenvalue weighted by Crippen LogP contribution is 2.27. The summed E-state index contributed by atoms with van der Waals surface area (Å²) in [6, 6.07) is 0. The molecule has 20 heavy (non-hydrogen) atoms. The zero-order valence-corrected chi connectivity index (χ0v) is 10.3. The summed E-state index contributed by atoms with van der Waals surface area (Å²) in [6.45, 7) is -1.54. The number of rotatable bonds is 6. The Morgan fingerprint density at radius 3 is 2.30 bits per heavy atom. The number of nitrogens with zero attached hydrogens (tertiary/aromatic N) is 3. The Morgan fingerprint density at radius 1 is 1.20 bits per heavy atom. The minimum absolute atomic E-state index is 0.0219. The molecule has 0 aliphatic heterocycles. The molecule has 0 aliphatic carbocycles. The summed E-state index contributed by atoms with van der Waals surface area (Å²) in [7, 11) is 1.54. The first-order valence-corrected chi connectivity index (χ1v) is 5.45. The second-order valence-electron chi connectivity index (χ2n) is 3.94. The maximum atomic E-state index is 12.3. The maximum Gasteiger partial charge on any atom is 0.471 e. The van der Waals surface area contributed by atoms with E-state index in [1.165, 1.54) is 0 Å². The Kier molecular flexibility index (Phi) is 5.34. The summed E-state index contributed by atoms with van der Waals surface area (Å²) in [5, 5.41) is 5.67. The zero-order valence-electron chi connectivity index (χ0n) is 10.3. The third kappa shape index (κ3) is 5.74. The van der Waals surface area contributed by atoms with Crippen LogP contribution in [0.15, 0.2) is 4.52 Å². The van der Waals surface area contributed by atoms with Gasteiger partial charge in [-0.15, -0.1) is 0 Å². The summed E-state index contributed by atoms with van der Waals surface area (Å²) in [5.74, 6) is -2.02. The Balaban J connectivity index is 2.71. The van der Waals surface area contributed by atoms with E-state index < -0.39 is 37.2 Å². The largest absolute Gasteiger partial charge is 0.471 e. The monoisotopic (exact) mass is 306 g/mol. The van der Waals surface area contributed by atoms with Gasteiger partial charge < -0.3 is 9.84 Å². The summed E-state index contributed by atoms with van der Waals surface area (Å²) in [4.78, 5) is 3.90. The number of hydrogen-bond acceptors (Lipinski definition) is 5. The zero-order chi connectivity index (χ0) is 15.4. The Bertz CT molecular complexity index is 415. The second-order valence-corrected chi connectivity index (χ2v) is 3.94. The van der Waals surface area contributed by atoms with Crippen molar-refractivity contribution in [2.24, 2.45) is 0 Å². The molecule has 0 bridgehead atoms. The van der Waals surface area contributed by atoms with Gasteiger partial charge in [-0.3, -0.25) is 4.90 Å². The topological polar surface area (TPSA) is 54.2 Å². The van der Waals surface area contributed by atoms with E-state index in [1.54, 1.807) is 7.05 Å². The summed E-state index contributed by atoms with van der Waals surface area (Å²) >= 11 is 0. The number of halogens is 6. The number of likely N-dealkylation sites (N-methyl/N-ethyl adjacent to an activating group) is 1. The molecule has 5 nitrogen and oxygen atoms in total. The number of aromatic nitrogens is 2. The minimum Gasteiger partial charge on any atom is -0.329 e. The molecule has 0 amide bonds. The van der Waals surface area contributed by atoms with Crippen LogP contribution >= 0.6 is 0 Å². The van der Waals surface area contributed by atoms with E-state index in [0.29, 0.717) is 0 Å². The molecule has 0 saturated heterocycles. The van der Waals surface area contributed by atoms with Crippen LogP contribution in [0.4, 0.5) is 26.3 Å². The van der Waals surface area contributed by atoms with E-state index in [-0.39, 0.29) is 13.1 Å². The molecule has 0 unspecified atom stereocenters. The lowest BCUT2D eigenvalue weighted by Crippen LogP contribution is -2.38. The number of hydrogen-bond donors (Lipinski definition) is 1. The van der Waals surface area contributed by atoms with Crippen molar-refractivity contribution in [3.63, 3.8) is 0 Å². The van der Waals surface area contributed by atoms with Crippen molar-refractivity contribution in [2.45, 2.75) is 18.9 Å². The van der Waals surface area contributed by atoms with Crippen LogP contribution in [0.5, 0.6) is 0 Å². The van der Waals surface area contributed by atoms with E-state index in [2.05, 4.69) is 20.0 Å². The molecule has 0 saturated carbocycles. The molecule has 1 rings (SSSR count). The molecule has 0 atom stereocenters. The molecule has 0 radical (unpaired) electrons. The van der Waals surface area contributed by atoms with Crippen LogP contribution in [0, 0.1) is 0 Å². The van der Waals surface area contributed by atoms with E-state index >= 15 is 0 Å². The fourth-order valence-corrected chi connectivity index (χ4v) is 1.37. The van der Waals surface area contributed by atoms with Crippen molar-refractivity contribution in [3.8, 4) is 0 Å². The number of alkyl halides is 6. The van der Waals surface area contributed by atoms with Gasteiger partial charge in [0, 0.05) is 13.1 Å². The highest BCUT2D eigenvalue weighted by atomic mass is 19.4. The van der Waals surface area contributed by atoms with Gasteiger partial charge in [0.1, 0.15) is 0 Å². The average Bonchev–Trinajstić information content (AvgIpc) is 2.72. The van der Waals surface area contributed by atoms with Crippen LogP contribution in [0.25, 0.3) is 0 Å². The quantitative estimate of drug-likeness (QED) is 0.810. The lowest BCUT2D eigenvalue weighted by atomic mass is 10.4. The first kappa shape index (κ1) is 16.7. The fourth-order valence-electron chi connectivity index (χ4n) is 1.37. The third-order valence-electron chi connectivity index (χ3n) is 2.16.